The van der Waals surface area contributed by atoms with Crippen LogP contribution in [-0.2, 0) is 0 Å². The highest BCUT2D eigenvalue weighted by Gasteiger charge is 2.00. The van der Waals surface area contributed by atoms with Gasteiger partial charge in [0.25, 0.3) is 0 Å². The molecule has 0 aromatic heterocycles. The Balaban J connectivity index is 3.90. The fourth-order valence-corrected chi connectivity index (χ4v) is 0.415. The predicted molar refractivity (Wildman–Crippen MR) is 40.9 cm³/mol. The van der Waals surface area contributed by atoms with Crippen molar-refractivity contribution < 1.29 is 0 Å². The summed E-state index contributed by atoms with van der Waals surface area (Å²) in [5.74, 6) is 0. The lowest BCUT2D eigenvalue weighted by Gasteiger charge is -2.15. The molecule has 0 atom stereocenters. The summed E-state index contributed by atoms with van der Waals surface area (Å²) in [7, 11) is 0. The first-order valence-corrected chi connectivity index (χ1v) is 2.90. The molecule has 0 amide bonds. The van der Waals surface area contributed by atoms with Crippen molar-refractivity contribution in [1.29, 1.82) is 10.5 Å². The number of hydrogen-bond donors (Lipinski definition) is 3. The molecule has 0 aliphatic heterocycles. The second-order valence-electron chi connectivity index (χ2n) is 1.07. The summed E-state index contributed by atoms with van der Waals surface area (Å²) in [6.07, 6.45) is 3.12. The van der Waals surface area contributed by atoms with Gasteiger partial charge < -0.3 is 0 Å². The van der Waals surface area contributed by atoms with Crippen molar-refractivity contribution in [3.8, 4) is 12.4 Å². The van der Waals surface area contributed by atoms with Gasteiger partial charge in [0.2, 0.25) is 0 Å². The van der Waals surface area contributed by atoms with Gasteiger partial charge in [-0.05, 0) is 12.2 Å². The predicted octanol–water partition coefficient (Wildman–Crippen LogP) is -0.526. The molecule has 0 aromatic rings. The van der Waals surface area contributed by atoms with E-state index in [1.807, 2.05) is 0 Å². The Bertz CT molecular complexity index is 184. The highest BCUT2D eigenvalue weighted by molar-refractivity contribution is 8.10. The highest BCUT2D eigenvalue weighted by atomic mass is 32.1. The molecule has 52 valence electrons. The molecule has 7 heteroatoms. The Hall–Kier alpha value is -1.18. The summed E-state index contributed by atoms with van der Waals surface area (Å²) >= 11 is 8.20. The van der Waals surface area contributed by atoms with Gasteiger partial charge in [0, 0.05) is 0 Å². The van der Waals surface area contributed by atoms with Crippen molar-refractivity contribution in [1.82, 2.24) is 16.0 Å². The Kier molecular flexibility index (Phi) is 4.12. The average molecular weight is 173 g/mol. The van der Waals surface area contributed by atoms with Crippen LogP contribution in [0, 0.1) is 22.9 Å². The maximum Gasteiger partial charge on any atom is 0.198 e. The van der Waals surface area contributed by atoms with Crippen LogP contribution in [0.2, 0.25) is 0 Å². The lowest BCUT2D eigenvalue weighted by atomic mass is 11.2. The van der Waals surface area contributed by atoms with E-state index < -0.39 is 0 Å². The first-order valence-electron chi connectivity index (χ1n) is 2.05. The van der Waals surface area contributed by atoms with E-state index in [0.717, 1.165) is 5.12 Å². The maximum absolute atomic E-state index is 8.07. The highest BCUT2D eigenvalue weighted by Crippen LogP contribution is 1.85. The molecule has 0 rings (SSSR count). The van der Waals surface area contributed by atoms with E-state index in [-0.39, 0.29) is 4.32 Å². The molecule has 0 fully saturated rings. The van der Waals surface area contributed by atoms with Crippen molar-refractivity contribution in [3.63, 3.8) is 0 Å². The molecule has 0 bridgehead atoms. The summed E-state index contributed by atoms with van der Waals surface area (Å²) in [4.78, 5) is 0. The van der Waals surface area contributed by atoms with Crippen molar-refractivity contribution >= 4 is 29.2 Å². The largest absolute Gasteiger partial charge is 0.213 e. The van der Waals surface area contributed by atoms with Gasteiger partial charge in [-0.1, -0.05) is 0 Å². The Morgan fingerprint density at radius 2 is 1.80 bits per heavy atom. The second-order valence-corrected chi connectivity index (χ2v) is 2.18. The molecular weight excluding hydrogens is 170 g/mol. The van der Waals surface area contributed by atoms with Crippen LogP contribution in [0.3, 0.4) is 0 Å². The summed E-state index contributed by atoms with van der Waals surface area (Å²) in [6.45, 7) is 0. The molecule has 0 saturated carbocycles. The van der Waals surface area contributed by atoms with E-state index >= 15 is 0 Å². The minimum absolute atomic E-state index is 0.0584. The topological polar surface area (TPSA) is 74.9 Å². The number of rotatable bonds is 2. The van der Waals surface area contributed by atoms with Gasteiger partial charge in [0.15, 0.2) is 16.7 Å². The van der Waals surface area contributed by atoms with Crippen molar-refractivity contribution in [3.05, 3.63) is 0 Å². The van der Waals surface area contributed by atoms with E-state index in [0.29, 0.717) is 0 Å². The van der Waals surface area contributed by atoms with E-state index in [1.54, 1.807) is 12.4 Å². The number of thiocarbonyl (C=S) groups is 1. The number of hydrogen-bond acceptors (Lipinski definition) is 5. The molecule has 0 spiro atoms. The lowest BCUT2D eigenvalue weighted by molar-refractivity contribution is 0.325. The van der Waals surface area contributed by atoms with Gasteiger partial charge in [-0.15, -0.1) is 12.6 Å². The second kappa shape index (κ2) is 4.68. The van der Waals surface area contributed by atoms with Crippen LogP contribution in [0.25, 0.3) is 0 Å². The molecule has 0 radical (unpaired) electrons. The standard InChI is InChI=1S/C3H3N5S2/c4-1-6-8(3(9)10)7-2-5/h6-7H,(H,9,10). The molecule has 5 nitrogen and oxygen atoms in total. The van der Waals surface area contributed by atoms with Gasteiger partial charge in [0.05, 0.1) is 0 Å². The van der Waals surface area contributed by atoms with Crippen molar-refractivity contribution in [2.75, 3.05) is 0 Å². The summed E-state index contributed by atoms with van der Waals surface area (Å²) in [5.41, 5.74) is 4.14. The number of nitriles is 2. The Labute approximate surface area is 68.6 Å². The van der Waals surface area contributed by atoms with Crippen LogP contribution >= 0.6 is 24.8 Å². The fourth-order valence-electron chi connectivity index (χ4n) is 0.224. The van der Waals surface area contributed by atoms with Crippen molar-refractivity contribution in [2.45, 2.75) is 0 Å². The molecule has 10 heavy (non-hydrogen) atoms. The molecule has 0 aromatic carbocycles. The normalized spacial score (nSPS) is 6.70. The minimum Gasteiger partial charge on any atom is -0.213 e. The Morgan fingerprint density at radius 1 is 1.40 bits per heavy atom. The summed E-state index contributed by atoms with van der Waals surface area (Å²) in [5, 5.41) is 17.0. The molecular formula is C3H3N5S2. The molecule has 0 aliphatic rings. The van der Waals surface area contributed by atoms with Crippen LogP contribution in [0.4, 0.5) is 0 Å². The van der Waals surface area contributed by atoms with E-state index in [9.17, 15) is 0 Å². The van der Waals surface area contributed by atoms with E-state index in [4.69, 9.17) is 10.5 Å². The molecule has 0 saturated heterocycles. The van der Waals surface area contributed by atoms with Gasteiger partial charge in [-0.25, -0.2) is 10.9 Å². The third-order valence-electron chi connectivity index (χ3n) is 0.515. The number of nitrogens with one attached hydrogen (secondary N) is 2. The van der Waals surface area contributed by atoms with Crippen LogP contribution in [0.1, 0.15) is 0 Å². The van der Waals surface area contributed by atoms with Gasteiger partial charge in [-0.3, -0.25) is 0 Å². The molecule has 0 unspecified atom stereocenters. The lowest BCUT2D eigenvalue weighted by Crippen LogP contribution is -2.45. The zero-order chi connectivity index (χ0) is 7.98. The SMILES string of the molecule is N#CNN(NC#N)C(=S)S. The first kappa shape index (κ1) is 8.82. The third-order valence-corrected chi connectivity index (χ3v) is 0.897. The first-order chi connectivity index (χ1) is 4.72. The van der Waals surface area contributed by atoms with Crippen LogP contribution in [0.15, 0.2) is 0 Å². The van der Waals surface area contributed by atoms with Crippen LogP contribution in [-0.4, -0.2) is 9.44 Å². The van der Waals surface area contributed by atoms with Crippen LogP contribution in [0.5, 0.6) is 0 Å². The molecule has 2 N–H and O–H groups in total. The third kappa shape index (κ3) is 2.97. The average Bonchev–Trinajstić information content (AvgIpc) is 1.87. The van der Waals surface area contributed by atoms with Crippen molar-refractivity contribution in [2.24, 2.45) is 0 Å². The smallest absolute Gasteiger partial charge is 0.198 e. The quantitative estimate of drug-likeness (QED) is 0.171. The minimum atomic E-state index is 0.0584. The van der Waals surface area contributed by atoms with Gasteiger partial charge >= 0.3 is 0 Å². The monoisotopic (exact) mass is 173 g/mol. The zero-order valence-corrected chi connectivity index (χ0v) is 6.41. The Morgan fingerprint density at radius 3 is 2.00 bits per heavy atom. The molecule has 0 aliphatic carbocycles. The number of hydrazine groups is 2. The van der Waals surface area contributed by atoms with E-state index in [2.05, 4.69) is 35.7 Å². The van der Waals surface area contributed by atoms with Gasteiger partial charge in [0.1, 0.15) is 0 Å². The van der Waals surface area contributed by atoms with E-state index in [1.165, 1.54) is 0 Å². The number of thiol groups is 1. The summed E-state index contributed by atoms with van der Waals surface area (Å²) in [6, 6.07) is 0. The summed E-state index contributed by atoms with van der Waals surface area (Å²) < 4.78 is 0.0584. The maximum atomic E-state index is 8.07. The molecule has 0 heterocycles. The number of nitrogens with zero attached hydrogens (tertiary/aromatic N) is 3. The van der Waals surface area contributed by atoms with Gasteiger partial charge in [-0.2, -0.15) is 15.6 Å². The zero-order valence-electron chi connectivity index (χ0n) is 4.70. The van der Waals surface area contributed by atoms with Crippen LogP contribution < -0.4 is 10.9 Å². The fraction of sp³-hybridized carbons (Fsp3) is 0.